The van der Waals surface area contributed by atoms with Gasteiger partial charge in [0.15, 0.2) is 5.96 Å². The average Bonchev–Trinajstić information content (AvgIpc) is 3.03. The minimum atomic E-state index is -0.441. The van der Waals surface area contributed by atoms with Crippen LogP contribution in [0.5, 0.6) is 0 Å². The number of guanidine groups is 1. The quantitative estimate of drug-likeness (QED) is 0.292. The summed E-state index contributed by atoms with van der Waals surface area (Å²) in [6, 6.07) is 0.445. The molecule has 1 saturated heterocycles. The van der Waals surface area contributed by atoms with Crippen LogP contribution in [0.25, 0.3) is 0 Å². The maximum Gasteiger partial charge on any atom is 0.410 e. The third kappa shape index (κ3) is 7.83. The first-order chi connectivity index (χ1) is 11.4. The highest BCUT2D eigenvalue weighted by Crippen LogP contribution is 2.19. The number of nitrogens with one attached hydrogen (secondary N) is 2. The first kappa shape index (κ1) is 22.1. The van der Waals surface area contributed by atoms with Gasteiger partial charge in [0.1, 0.15) is 5.60 Å². The van der Waals surface area contributed by atoms with E-state index in [1.165, 1.54) is 0 Å². The van der Waals surface area contributed by atoms with E-state index in [-0.39, 0.29) is 30.1 Å². The summed E-state index contributed by atoms with van der Waals surface area (Å²) in [5, 5.41) is 6.85. The maximum atomic E-state index is 12.2. The number of ether oxygens (including phenoxy) is 1. The van der Waals surface area contributed by atoms with Crippen molar-refractivity contribution in [3.05, 3.63) is 12.2 Å². The Morgan fingerprint density at radius 1 is 1.32 bits per heavy atom. The molecule has 0 radical (unpaired) electrons. The summed E-state index contributed by atoms with van der Waals surface area (Å²) in [6.45, 7) is 8.05. The molecule has 25 heavy (non-hydrogen) atoms. The highest BCUT2D eigenvalue weighted by Gasteiger charge is 2.27. The molecule has 7 heteroatoms. The van der Waals surface area contributed by atoms with Gasteiger partial charge < -0.3 is 20.3 Å². The number of halogens is 1. The zero-order chi connectivity index (χ0) is 17.6. The van der Waals surface area contributed by atoms with Crippen LogP contribution in [-0.4, -0.2) is 55.3 Å². The van der Waals surface area contributed by atoms with E-state index in [0.29, 0.717) is 12.0 Å². The Kier molecular flexibility index (Phi) is 9.02. The van der Waals surface area contributed by atoms with E-state index in [2.05, 4.69) is 27.8 Å². The van der Waals surface area contributed by atoms with Gasteiger partial charge in [0.05, 0.1) is 0 Å². The van der Waals surface area contributed by atoms with Crippen LogP contribution in [0.1, 0.15) is 46.5 Å². The SMILES string of the molecule is CN=C(NCC1CCCN(C(=O)OC(C)(C)C)C1)NC1CC=CC1.I. The van der Waals surface area contributed by atoms with Crippen molar-refractivity contribution in [1.82, 2.24) is 15.5 Å². The second-order valence-corrected chi connectivity index (χ2v) is 7.67. The van der Waals surface area contributed by atoms with Gasteiger partial charge in [-0.25, -0.2) is 4.79 Å². The second kappa shape index (κ2) is 10.2. The van der Waals surface area contributed by atoms with Crippen LogP contribution in [0.2, 0.25) is 0 Å². The van der Waals surface area contributed by atoms with Crippen LogP contribution < -0.4 is 10.6 Å². The summed E-state index contributed by atoms with van der Waals surface area (Å²) in [5.41, 5.74) is -0.441. The molecule has 0 bridgehead atoms. The lowest BCUT2D eigenvalue weighted by molar-refractivity contribution is 0.0168. The number of rotatable bonds is 3. The predicted octanol–water partition coefficient (Wildman–Crippen LogP) is 3.14. The number of hydrogen-bond acceptors (Lipinski definition) is 3. The van der Waals surface area contributed by atoms with E-state index >= 15 is 0 Å². The summed E-state index contributed by atoms with van der Waals surface area (Å²) in [5.74, 6) is 1.27. The van der Waals surface area contributed by atoms with Gasteiger partial charge in [0.2, 0.25) is 0 Å². The first-order valence-corrected chi connectivity index (χ1v) is 8.97. The Hall–Kier alpha value is -0.990. The molecule has 1 aliphatic heterocycles. The molecule has 0 aromatic rings. The van der Waals surface area contributed by atoms with Gasteiger partial charge in [-0.1, -0.05) is 12.2 Å². The number of nitrogens with zero attached hydrogens (tertiary/aromatic N) is 2. The zero-order valence-electron chi connectivity index (χ0n) is 15.9. The van der Waals surface area contributed by atoms with Crippen molar-refractivity contribution in [3.8, 4) is 0 Å². The smallest absolute Gasteiger partial charge is 0.410 e. The molecule has 2 aliphatic rings. The molecule has 1 unspecified atom stereocenters. The fraction of sp³-hybridized carbons (Fsp3) is 0.778. The van der Waals surface area contributed by atoms with Crippen molar-refractivity contribution >= 4 is 36.0 Å². The number of piperidine rings is 1. The summed E-state index contributed by atoms with van der Waals surface area (Å²) in [6.07, 6.45) is 8.44. The van der Waals surface area contributed by atoms with Crippen molar-refractivity contribution < 1.29 is 9.53 Å². The number of likely N-dealkylation sites (tertiary alicyclic amines) is 1. The molecular formula is C18H33IN4O2. The first-order valence-electron chi connectivity index (χ1n) is 8.97. The Morgan fingerprint density at radius 2 is 2.00 bits per heavy atom. The normalized spacial score (nSPS) is 21.7. The minimum Gasteiger partial charge on any atom is -0.444 e. The van der Waals surface area contributed by atoms with Gasteiger partial charge in [-0.2, -0.15) is 0 Å². The van der Waals surface area contributed by atoms with Crippen LogP contribution in [0, 0.1) is 5.92 Å². The van der Waals surface area contributed by atoms with E-state index in [1.54, 1.807) is 7.05 Å². The average molecular weight is 464 g/mol. The van der Waals surface area contributed by atoms with Gasteiger partial charge in [0.25, 0.3) is 0 Å². The van der Waals surface area contributed by atoms with Gasteiger partial charge in [0, 0.05) is 32.7 Å². The highest BCUT2D eigenvalue weighted by molar-refractivity contribution is 14.0. The lowest BCUT2D eigenvalue weighted by atomic mass is 9.98. The molecule has 2 N–H and O–H groups in total. The number of carbonyl (C=O) groups excluding carboxylic acids is 1. The minimum absolute atomic E-state index is 0. The van der Waals surface area contributed by atoms with Crippen LogP contribution in [0.4, 0.5) is 4.79 Å². The van der Waals surface area contributed by atoms with Gasteiger partial charge in [-0.05, 0) is 52.4 Å². The van der Waals surface area contributed by atoms with Crippen LogP contribution in [0.3, 0.4) is 0 Å². The lowest BCUT2D eigenvalue weighted by Gasteiger charge is -2.34. The summed E-state index contributed by atoms with van der Waals surface area (Å²) < 4.78 is 5.48. The summed E-state index contributed by atoms with van der Waals surface area (Å²) >= 11 is 0. The molecule has 1 heterocycles. The highest BCUT2D eigenvalue weighted by atomic mass is 127. The third-order valence-electron chi connectivity index (χ3n) is 4.30. The maximum absolute atomic E-state index is 12.2. The molecule has 0 spiro atoms. The fourth-order valence-electron chi connectivity index (χ4n) is 3.09. The number of aliphatic imine (C=N–C) groups is 1. The topological polar surface area (TPSA) is 66.0 Å². The molecule has 1 atom stereocenters. The predicted molar refractivity (Wildman–Crippen MR) is 113 cm³/mol. The molecule has 0 aromatic carbocycles. The van der Waals surface area contributed by atoms with Crippen molar-refractivity contribution in [2.75, 3.05) is 26.7 Å². The fourth-order valence-corrected chi connectivity index (χ4v) is 3.09. The van der Waals surface area contributed by atoms with Crippen molar-refractivity contribution in [1.29, 1.82) is 0 Å². The summed E-state index contributed by atoms with van der Waals surface area (Å²) in [7, 11) is 1.80. The van der Waals surface area contributed by atoms with Crippen LogP contribution >= 0.6 is 24.0 Å². The Morgan fingerprint density at radius 3 is 2.60 bits per heavy atom. The molecule has 6 nitrogen and oxygen atoms in total. The second-order valence-electron chi connectivity index (χ2n) is 7.67. The standard InChI is InChI=1S/C18H32N4O2.HI/c1-18(2,3)24-17(23)22-11-7-8-14(13-22)12-20-16(19-4)21-15-9-5-6-10-15;/h5-6,14-15H,7-13H2,1-4H3,(H2,19,20,21);1H. The van der Waals surface area contributed by atoms with Gasteiger partial charge >= 0.3 is 6.09 Å². The molecule has 1 amide bonds. The molecule has 1 fully saturated rings. The zero-order valence-corrected chi connectivity index (χ0v) is 18.2. The van der Waals surface area contributed by atoms with E-state index < -0.39 is 5.60 Å². The molecular weight excluding hydrogens is 431 g/mol. The van der Waals surface area contributed by atoms with Crippen molar-refractivity contribution in [2.24, 2.45) is 10.9 Å². The molecule has 1 aliphatic carbocycles. The van der Waals surface area contributed by atoms with E-state index in [9.17, 15) is 4.79 Å². The Balaban J connectivity index is 0.00000312. The number of carbonyl (C=O) groups is 1. The van der Waals surface area contributed by atoms with Gasteiger partial charge in [-0.3, -0.25) is 4.99 Å². The monoisotopic (exact) mass is 464 g/mol. The van der Waals surface area contributed by atoms with Gasteiger partial charge in [-0.15, -0.1) is 24.0 Å². The Labute approximate surface area is 168 Å². The van der Waals surface area contributed by atoms with E-state index in [4.69, 9.17) is 4.74 Å². The largest absolute Gasteiger partial charge is 0.444 e. The number of amides is 1. The van der Waals surface area contributed by atoms with Crippen molar-refractivity contribution in [3.63, 3.8) is 0 Å². The molecule has 144 valence electrons. The lowest BCUT2D eigenvalue weighted by Crippen LogP contribution is -2.48. The van der Waals surface area contributed by atoms with Crippen LogP contribution in [-0.2, 0) is 4.74 Å². The molecule has 0 saturated carbocycles. The van der Waals surface area contributed by atoms with E-state index in [1.807, 2.05) is 25.7 Å². The molecule has 2 rings (SSSR count). The number of hydrogen-bond donors (Lipinski definition) is 2. The van der Waals surface area contributed by atoms with Crippen LogP contribution in [0.15, 0.2) is 17.1 Å². The Bertz CT molecular complexity index is 480. The summed E-state index contributed by atoms with van der Waals surface area (Å²) in [4.78, 5) is 18.4. The third-order valence-corrected chi connectivity index (χ3v) is 4.30. The van der Waals surface area contributed by atoms with E-state index in [0.717, 1.165) is 51.3 Å². The van der Waals surface area contributed by atoms with Crippen molar-refractivity contribution in [2.45, 2.75) is 58.1 Å². The molecule has 0 aromatic heterocycles.